The van der Waals surface area contributed by atoms with Crippen LogP contribution in [0.1, 0.15) is 68.2 Å². The van der Waals surface area contributed by atoms with E-state index in [1.54, 1.807) is 4.90 Å². The molecule has 0 aliphatic heterocycles. The molecule has 140 valence electrons. The van der Waals surface area contributed by atoms with Crippen LogP contribution < -0.4 is 0 Å². The van der Waals surface area contributed by atoms with Crippen LogP contribution in [0.3, 0.4) is 0 Å². The fourth-order valence-electron chi connectivity index (χ4n) is 3.76. The molecule has 0 aromatic rings. The Morgan fingerprint density at radius 2 is 1.67 bits per heavy atom. The van der Waals surface area contributed by atoms with Gasteiger partial charge < -0.3 is 14.7 Å². The van der Waals surface area contributed by atoms with Crippen molar-refractivity contribution in [3.63, 3.8) is 0 Å². The highest BCUT2D eigenvalue weighted by molar-refractivity contribution is 5.69. The van der Waals surface area contributed by atoms with Gasteiger partial charge in [0.1, 0.15) is 5.76 Å². The van der Waals surface area contributed by atoms with Crippen molar-refractivity contribution in [2.75, 3.05) is 0 Å². The van der Waals surface area contributed by atoms with Crippen molar-refractivity contribution in [3.8, 4) is 0 Å². The first-order chi connectivity index (χ1) is 11.1. The van der Waals surface area contributed by atoms with Crippen molar-refractivity contribution in [2.45, 2.75) is 86.4 Å². The predicted octanol–water partition coefficient (Wildman–Crippen LogP) is 4.82. The second-order valence-corrected chi connectivity index (χ2v) is 8.35. The number of carbonyl (C=O) groups is 1. The van der Waals surface area contributed by atoms with Crippen molar-refractivity contribution in [3.05, 3.63) is 11.8 Å². The lowest BCUT2D eigenvalue weighted by Gasteiger charge is -2.37. The Morgan fingerprint density at radius 1 is 1.12 bits per heavy atom. The van der Waals surface area contributed by atoms with E-state index >= 15 is 0 Å². The minimum atomic E-state index is -0.405. The van der Waals surface area contributed by atoms with E-state index in [4.69, 9.17) is 4.74 Å². The molecular weight excluding hydrogens is 302 g/mol. The Kier molecular flexibility index (Phi) is 7.78. The van der Waals surface area contributed by atoms with Gasteiger partial charge in [-0.2, -0.15) is 0 Å². The summed E-state index contributed by atoms with van der Waals surface area (Å²) in [5.41, 5.74) is 0. The molecule has 0 aromatic heterocycles. The first kappa shape index (κ1) is 21.0. The summed E-state index contributed by atoms with van der Waals surface area (Å²) in [5.74, 6) is 1.88. The summed E-state index contributed by atoms with van der Waals surface area (Å²) in [5, 5.41) is 10.6. The van der Waals surface area contributed by atoms with Gasteiger partial charge in [0.2, 0.25) is 0 Å². The van der Waals surface area contributed by atoms with Crippen molar-refractivity contribution in [1.29, 1.82) is 0 Å². The Labute approximate surface area is 148 Å². The van der Waals surface area contributed by atoms with Gasteiger partial charge in [0.25, 0.3) is 0 Å². The van der Waals surface area contributed by atoms with Gasteiger partial charge in [-0.15, -0.1) is 0 Å². The van der Waals surface area contributed by atoms with Crippen LogP contribution in [-0.2, 0) is 4.74 Å². The molecule has 4 heteroatoms. The topological polar surface area (TPSA) is 49.8 Å². The summed E-state index contributed by atoms with van der Waals surface area (Å²) in [6, 6.07) is 0.198. The maximum atomic E-state index is 12.5. The van der Waals surface area contributed by atoms with Gasteiger partial charge >= 0.3 is 6.09 Å². The van der Waals surface area contributed by atoms with Crippen molar-refractivity contribution in [2.24, 2.45) is 23.7 Å². The minimum Gasteiger partial charge on any atom is -0.415 e. The van der Waals surface area contributed by atoms with E-state index in [9.17, 15) is 9.90 Å². The van der Waals surface area contributed by atoms with E-state index in [-0.39, 0.29) is 30.0 Å². The zero-order valence-electron chi connectivity index (χ0n) is 16.7. The third-order valence-corrected chi connectivity index (χ3v) is 5.07. The van der Waals surface area contributed by atoms with E-state index in [0.29, 0.717) is 17.6 Å². The number of nitrogens with zero attached hydrogens (tertiary/aromatic N) is 1. The number of hydrogen-bond acceptors (Lipinski definition) is 3. The number of amides is 1. The SMILES string of the molecule is CC(C)[C@@H](O)[C@H]1C=C(OC(=O)N(C(C)C)C(C)C)CC[C@@H]1C(C)C. The third kappa shape index (κ3) is 5.23. The van der Waals surface area contributed by atoms with Crippen molar-refractivity contribution >= 4 is 6.09 Å². The molecule has 0 heterocycles. The number of aliphatic hydroxyl groups is 1. The largest absolute Gasteiger partial charge is 0.415 e. The van der Waals surface area contributed by atoms with E-state index in [2.05, 4.69) is 13.8 Å². The van der Waals surface area contributed by atoms with Crippen molar-refractivity contribution in [1.82, 2.24) is 4.90 Å². The van der Waals surface area contributed by atoms with Crippen LogP contribution in [0.5, 0.6) is 0 Å². The third-order valence-electron chi connectivity index (χ3n) is 5.07. The number of rotatable bonds is 6. The summed E-state index contributed by atoms with van der Waals surface area (Å²) >= 11 is 0. The van der Waals surface area contributed by atoms with Gasteiger partial charge in [0.05, 0.1) is 6.10 Å². The van der Waals surface area contributed by atoms with Crippen LogP contribution in [0.15, 0.2) is 11.8 Å². The van der Waals surface area contributed by atoms with Gasteiger partial charge in [0, 0.05) is 24.4 Å². The fraction of sp³-hybridized carbons (Fsp3) is 0.850. The standard InChI is InChI=1S/C20H37NO3/c1-12(2)17-10-9-16(11-18(17)19(22)13(3)4)24-20(23)21(14(5)6)15(7)8/h11-15,17-19,22H,9-10H2,1-8H3/t17-,18+,19-/m1/s1. The lowest BCUT2D eigenvalue weighted by molar-refractivity contribution is 0.0320. The predicted molar refractivity (Wildman–Crippen MR) is 98.6 cm³/mol. The molecule has 1 amide bonds. The number of aliphatic hydroxyl groups excluding tert-OH is 1. The zero-order valence-corrected chi connectivity index (χ0v) is 16.7. The van der Waals surface area contributed by atoms with Gasteiger partial charge in [-0.05, 0) is 57.9 Å². The average molecular weight is 340 g/mol. The van der Waals surface area contributed by atoms with E-state index in [1.165, 1.54) is 0 Å². The summed E-state index contributed by atoms with van der Waals surface area (Å²) in [7, 11) is 0. The normalized spacial score (nSPS) is 23.0. The lowest BCUT2D eigenvalue weighted by atomic mass is 9.72. The van der Waals surface area contributed by atoms with Crippen LogP contribution in [0.2, 0.25) is 0 Å². The highest BCUT2D eigenvalue weighted by atomic mass is 16.6. The average Bonchev–Trinajstić information content (AvgIpc) is 2.44. The van der Waals surface area contributed by atoms with E-state index < -0.39 is 6.10 Å². The first-order valence-electron chi connectivity index (χ1n) is 9.45. The molecule has 0 bridgehead atoms. The maximum Gasteiger partial charge on any atom is 0.415 e. The second kappa shape index (κ2) is 8.89. The molecule has 1 aliphatic rings. The summed E-state index contributed by atoms with van der Waals surface area (Å²) in [6.45, 7) is 16.5. The van der Waals surface area contributed by atoms with E-state index in [1.807, 2.05) is 47.6 Å². The molecule has 0 aromatic carbocycles. The Balaban J connectivity index is 2.95. The number of hydrogen-bond donors (Lipinski definition) is 1. The monoisotopic (exact) mass is 339 g/mol. The van der Waals surface area contributed by atoms with Gasteiger partial charge in [-0.25, -0.2) is 4.79 Å². The molecule has 0 fully saturated rings. The number of carbonyl (C=O) groups excluding carboxylic acids is 1. The summed E-state index contributed by atoms with van der Waals surface area (Å²) in [6.07, 6.45) is 3.04. The van der Waals surface area contributed by atoms with Crippen LogP contribution in [0.4, 0.5) is 4.79 Å². The van der Waals surface area contributed by atoms with Gasteiger partial charge in [-0.1, -0.05) is 27.7 Å². The van der Waals surface area contributed by atoms with Gasteiger partial charge in [-0.3, -0.25) is 0 Å². The van der Waals surface area contributed by atoms with Crippen LogP contribution >= 0.6 is 0 Å². The highest BCUT2D eigenvalue weighted by Gasteiger charge is 2.35. The van der Waals surface area contributed by atoms with Crippen molar-refractivity contribution < 1.29 is 14.6 Å². The molecule has 24 heavy (non-hydrogen) atoms. The molecule has 1 rings (SSSR count). The molecule has 0 saturated carbocycles. The molecule has 1 aliphatic carbocycles. The van der Waals surface area contributed by atoms with Gasteiger partial charge in [0.15, 0.2) is 0 Å². The second-order valence-electron chi connectivity index (χ2n) is 8.35. The first-order valence-corrected chi connectivity index (χ1v) is 9.45. The van der Waals surface area contributed by atoms with E-state index in [0.717, 1.165) is 12.8 Å². The Hall–Kier alpha value is -1.03. The molecule has 0 saturated heterocycles. The minimum absolute atomic E-state index is 0.0492. The number of allylic oxidation sites excluding steroid dienone is 1. The Bertz CT molecular complexity index is 432. The zero-order chi connectivity index (χ0) is 18.6. The molecule has 1 N–H and O–H groups in total. The highest BCUT2D eigenvalue weighted by Crippen LogP contribution is 2.38. The van der Waals surface area contributed by atoms with Crippen LogP contribution in [-0.4, -0.2) is 34.3 Å². The smallest absolute Gasteiger partial charge is 0.415 e. The molecule has 0 radical (unpaired) electrons. The molecule has 0 spiro atoms. The summed E-state index contributed by atoms with van der Waals surface area (Å²) in [4.78, 5) is 14.3. The van der Waals surface area contributed by atoms with Crippen LogP contribution in [0, 0.1) is 23.7 Å². The molecular formula is C20H37NO3. The maximum absolute atomic E-state index is 12.5. The Morgan fingerprint density at radius 3 is 2.08 bits per heavy atom. The lowest BCUT2D eigenvalue weighted by Crippen LogP contribution is -2.42. The number of ether oxygens (including phenoxy) is 1. The summed E-state index contributed by atoms with van der Waals surface area (Å²) < 4.78 is 5.70. The quantitative estimate of drug-likeness (QED) is 0.754. The molecule has 4 nitrogen and oxygen atoms in total. The molecule has 0 unspecified atom stereocenters. The fourth-order valence-corrected chi connectivity index (χ4v) is 3.76. The van der Waals surface area contributed by atoms with Crippen LogP contribution in [0.25, 0.3) is 0 Å². The molecule has 3 atom stereocenters.